The number of carboxylic acid groups (broad SMARTS) is 1. The molecule has 0 aromatic heterocycles. The maximum Gasteiger partial charge on any atom is 0.309 e. The Morgan fingerprint density at radius 2 is 2.11 bits per heavy atom. The van der Waals surface area contributed by atoms with Gasteiger partial charge in [0, 0.05) is 31.3 Å². The molecule has 0 unspecified atom stereocenters. The molecule has 1 N–H and O–H groups in total. The number of hydrogen-bond donors (Lipinski definition) is 1. The van der Waals surface area contributed by atoms with Crippen molar-refractivity contribution in [3.8, 4) is 0 Å². The molecule has 1 aliphatic rings. The standard InChI is InChI=1S/C12H14N2O4/c15-12(16)10-7-13(8-10)6-5-9-3-1-2-4-11(9)14(17)18/h1-4,10H,5-8H2,(H,15,16). The smallest absolute Gasteiger partial charge is 0.309 e. The molecule has 1 heterocycles. The van der Waals surface area contributed by atoms with E-state index < -0.39 is 5.97 Å². The predicted octanol–water partition coefficient (Wildman–Crippen LogP) is 1.15. The summed E-state index contributed by atoms with van der Waals surface area (Å²) in [7, 11) is 0. The van der Waals surface area contributed by atoms with Gasteiger partial charge in [-0.2, -0.15) is 0 Å². The third-order valence-electron chi connectivity index (χ3n) is 3.19. The second-order valence-electron chi connectivity index (χ2n) is 4.43. The van der Waals surface area contributed by atoms with Gasteiger partial charge in [0.1, 0.15) is 0 Å². The van der Waals surface area contributed by atoms with E-state index in [1.165, 1.54) is 6.07 Å². The van der Waals surface area contributed by atoms with Crippen molar-refractivity contribution in [2.45, 2.75) is 6.42 Å². The summed E-state index contributed by atoms with van der Waals surface area (Å²) in [5.41, 5.74) is 0.828. The Balaban J connectivity index is 1.88. The molecule has 0 amide bonds. The van der Waals surface area contributed by atoms with Gasteiger partial charge in [-0.05, 0) is 6.42 Å². The molecule has 96 valence electrons. The number of rotatable bonds is 5. The molecule has 1 aromatic carbocycles. The Labute approximate surface area is 104 Å². The Morgan fingerprint density at radius 3 is 2.72 bits per heavy atom. The van der Waals surface area contributed by atoms with Crippen LogP contribution in [0, 0.1) is 16.0 Å². The highest BCUT2D eigenvalue weighted by Gasteiger charge is 2.32. The predicted molar refractivity (Wildman–Crippen MR) is 64.4 cm³/mol. The third kappa shape index (κ3) is 2.65. The number of nitro groups is 1. The van der Waals surface area contributed by atoms with Crippen LogP contribution in [0.5, 0.6) is 0 Å². The summed E-state index contributed by atoms with van der Waals surface area (Å²) in [6, 6.07) is 6.66. The molecule has 18 heavy (non-hydrogen) atoms. The summed E-state index contributed by atoms with van der Waals surface area (Å²) in [6.45, 7) is 1.74. The molecular formula is C12H14N2O4. The maximum absolute atomic E-state index is 10.8. The van der Waals surface area contributed by atoms with Crippen LogP contribution < -0.4 is 0 Å². The van der Waals surface area contributed by atoms with Gasteiger partial charge in [0.25, 0.3) is 5.69 Å². The maximum atomic E-state index is 10.8. The van der Waals surface area contributed by atoms with Crippen LogP contribution in [0.15, 0.2) is 24.3 Å². The van der Waals surface area contributed by atoms with Crippen LogP contribution in [0.2, 0.25) is 0 Å². The zero-order valence-corrected chi connectivity index (χ0v) is 9.78. The minimum Gasteiger partial charge on any atom is -0.481 e. The molecule has 2 rings (SSSR count). The minimum absolute atomic E-state index is 0.132. The highest BCUT2D eigenvalue weighted by molar-refractivity contribution is 5.71. The first kappa shape index (κ1) is 12.5. The van der Waals surface area contributed by atoms with E-state index in [2.05, 4.69) is 0 Å². The van der Waals surface area contributed by atoms with Gasteiger partial charge >= 0.3 is 5.97 Å². The first-order valence-electron chi connectivity index (χ1n) is 5.75. The van der Waals surface area contributed by atoms with Gasteiger partial charge < -0.3 is 10.0 Å². The summed E-state index contributed by atoms with van der Waals surface area (Å²) < 4.78 is 0. The molecule has 1 fully saturated rings. The molecule has 1 aliphatic heterocycles. The molecule has 6 heteroatoms. The number of nitrogens with zero attached hydrogens (tertiary/aromatic N) is 2. The summed E-state index contributed by atoms with van der Waals surface area (Å²) in [5.74, 6) is -1.05. The van der Waals surface area contributed by atoms with Gasteiger partial charge in [0.05, 0.1) is 10.8 Å². The van der Waals surface area contributed by atoms with E-state index in [1.807, 2.05) is 4.90 Å². The fourth-order valence-corrected chi connectivity index (χ4v) is 2.09. The van der Waals surface area contributed by atoms with E-state index in [9.17, 15) is 14.9 Å². The summed E-state index contributed by atoms with van der Waals surface area (Å²) in [4.78, 5) is 23.0. The van der Waals surface area contributed by atoms with E-state index in [0.717, 1.165) is 0 Å². The van der Waals surface area contributed by atoms with Gasteiger partial charge in [-0.1, -0.05) is 18.2 Å². The topological polar surface area (TPSA) is 83.7 Å². The second-order valence-corrected chi connectivity index (χ2v) is 4.43. The van der Waals surface area contributed by atoms with Crippen LogP contribution in [0.25, 0.3) is 0 Å². The van der Waals surface area contributed by atoms with Crippen molar-refractivity contribution in [1.82, 2.24) is 4.90 Å². The van der Waals surface area contributed by atoms with Crippen molar-refractivity contribution in [3.63, 3.8) is 0 Å². The van der Waals surface area contributed by atoms with Gasteiger partial charge in [-0.3, -0.25) is 14.9 Å². The summed E-state index contributed by atoms with van der Waals surface area (Å²) in [6.07, 6.45) is 0.573. The molecular weight excluding hydrogens is 236 g/mol. The van der Waals surface area contributed by atoms with Crippen molar-refractivity contribution in [2.24, 2.45) is 5.92 Å². The zero-order valence-electron chi connectivity index (χ0n) is 9.78. The molecule has 6 nitrogen and oxygen atoms in total. The van der Waals surface area contributed by atoms with Crippen LogP contribution in [0.1, 0.15) is 5.56 Å². The Morgan fingerprint density at radius 1 is 1.44 bits per heavy atom. The lowest BCUT2D eigenvalue weighted by atomic mass is 9.99. The van der Waals surface area contributed by atoms with E-state index in [-0.39, 0.29) is 16.5 Å². The van der Waals surface area contributed by atoms with Crippen molar-refractivity contribution >= 4 is 11.7 Å². The van der Waals surface area contributed by atoms with Gasteiger partial charge in [-0.25, -0.2) is 0 Å². The number of likely N-dealkylation sites (tertiary alicyclic amines) is 1. The lowest BCUT2D eigenvalue weighted by Crippen LogP contribution is -2.50. The number of benzene rings is 1. The number of hydrogen-bond acceptors (Lipinski definition) is 4. The highest BCUT2D eigenvalue weighted by Crippen LogP contribution is 2.21. The fraction of sp³-hybridized carbons (Fsp3) is 0.417. The molecule has 0 aliphatic carbocycles. The molecule has 0 saturated carbocycles. The molecule has 0 radical (unpaired) electrons. The van der Waals surface area contributed by atoms with Gasteiger partial charge in [-0.15, -0.1) is 0 Å². The van der Waals surface area contributed by atoms with Crippen molar-refractivity contribution in [2.75, 3.05) is 19.6 Å². The average Bonchev–Trinajstić information content (AvgIpc) is 2.26. The second kappa shape index (κ2) is 5.14. The first-order valence-corrected chi connectivity index (χ1v) is 5.75. The van der Waals surface area contributed by atoms with E-state index >= 15 is 0 Å². The van der Waals surface area contributed by atoms with Crippen molar-refractivity contribution in [3.05, 3.63) is 39.9 Å². The number of nitro benzene ring substituents is 1. The highest BCUT2D eigenvalue weighted by atomic mass is 16.6. The normalized spacial score (nSPS) is 16.2. The van der Waals surface area contributed by atoms with Gasteiger partial charge in [0.15, 0.2) is 0 Å². The van der Waals surface area contributed by atoms with E-state index in [4.69, 9.17) is 5.11 Å². The quantitative estimate of drug-likeness (QED) is 0.626. The SMILES string of the molecule is O=C(O)C1CN(CCc2ccccc2[N+](=O)[O-])C1. The van der Waals surface area contributed by atoms with Crippen molar-refractivity contribution < 1.29 is 14.8 Å². The lowest BCUT2D eigenvalue weighted by molar-refractivity contribution is -0.385. The Hall–Kier alpha value is -1.95. The molecule has 0 bridgehead atoms. The summed E-state index contributed by atoms with van der Waals surface area (Å²) >= 11 is 0. The number of aliphatic carboxylic acids is 1. The van der Waals surface area contributed by atoms with Crippen LogP contribution in [-0.4, -0.2) is 40.5 Å². The van der Waals surface area contributed by atoms with Crippen molar-refractivity contribution in [1.29, 1.82) is 0 Å². The third-order valence-corrected chi connectivity index (χ3v) is 3.19. The largest absolute Gasteiger partial charge is 0.481 e. The Bertz CT molecular complexity index is 469. The average molecular weight is 250 g/mol. The number of carboxylic acids is 1. The molecule has 1 saturated heterocycles. The number of carbonyl (C=O) groups is 1. The Kier molecular flexibility index (Phi) is 3.57. The van der Waals surface area contributed by atoms with Crippen LogP contribution >= 0.6 is 0 Å². The van der Waals surface area contributed by atoms with Gasteiger partial charge in [0.2, 0.25) is 0 Å². The fourth-order valence-electron chi connectivity index (χ4n) is 2.09. The summed E-state index contributed by atoms with van der Waals surface area (Å²) in [5, 5.41) is 19.5. The van der Waals surface area contributed by atoms with Crippen LogP contribution in [0.3, 0.4) is 0 Å². The number of para-hydroxylation sites is 1. The van der Waals surface area contributed by atoms with E-state index in [1.54, 1.807) is 18.2 Å². The molecule has 0 spiro atoms. The van der Waals surface area contributed by atoms with Crippen LogP contribution in [-0.2, 0) is 11.2 Å². The van der Waals surface area contributed by atoms with Crippen LogP contribution in [0.4, 0.5) is 5.69 Å². The first-order chi connectivity index (χ1) is 8.58. The lowest BCUT2D eigenvalue weighted by Gasteiger charge is -2.36. The van der Waals surface area contributed by atoms with E-state index in [0.29, 0.717) is 31.6 Å². The monoisotopic (exact) mass is 250 g/mol. The zero-order chi connectivity index (χ0) is 13.1. The molecule has 0 atom stereocenters. The minimum atomic E-state index is -0.767. The molecule has 1 aromatic rings.